The van der Waals surface area contributed by atoms with Crippen molar-refractivity contribution in [1.82, 2.24) is 9.97 Å². The second kappa shape index (κ2) is 5.39. The Labute approximate surface area is 114 Å². The highest BCUT2D eigenvalue weighted by molar-refractivity contribution is 5.47. The summed E-state index contributed by atoms with van der Waals surface area (Å²) in [5.41, 5.74) is 6.25. The van der Waals surface area contributed by atoms with Crippen molar-refractivity contribution in [3.63, 3.8) is 0 Å². The number of ether oxygens (including phenoxy) is 1. The third-order valence-corrected chi connectivity index (χ3v) is 2.57. The van der Waals surface area contributed by atoms with E-state index in [1.165, 1.54) is 12.1 Å². The molecule has 0 fully saturated rings. The lowest BCUT2D eigenvalue weighted by atomic mass is 10.2. The molecular weight excluding hydrogens is 262 g/mol. The van der Waals surface area contributed by atoms with E-state index in [4.69, 9.17) is 10.5 Å². The van der Waals surface area contributed by atoms with Crippen molar-refractivity contribution in [3.05, 3.63) is 39.9 Å². The summed E-state index contributed by atoms with van der Waals surface area (Å²) in [4.78, 5) is 18.1. The fraction of sp³-hybridized carbons (Fsp3) is 0.167. The number of nitrogens with one attached hydrogen (secondary N) is 1. The number of hydrogen-bond donors (Lipinski definition) is 2. The first-order valence-electron chi connectivity index (χ1n) is 5.75. The molecule has 0 aliphatic rings. The number of nitrogens with zero attached hydrogens (tertiary/aromatic N) is 3. The van der Waals surface area contributed by atoms with E-state index in [0.717, 1.165) is 5.56 Å². The molecule has 0 aliphatic heterocycles. The van der Waals surface area contributed by atoms with Crippen molar-refractivity contribution < 1.29 is 9.66 Å². The lowest BCUT2D eigenvalue weighted by molar-refractivity contribution is -0.384. The molecule has 0 atom stereocenters. The van der Waals surface area contributed by atoms with E-state index in [0.29, 0.717) is 11.6 Å². The minimum atomic E-state index is -0.486. The molecule has 1 aromatic carbocycles. The van der Waals surface area contributed by atoms with Gasteiger partial charge in [-0.25, -0.2) is 0 Å². The van der Waals surface area contributed by atoms with Crippen LogP contribution in [0.25, 0.3) is 0 Å². The van der Waals surface area contributed by atoms with E-state index in [9.17, 15) is 10.1 Å². The summed E-state index contributed by atoms with van der Waals surface area (Å²) in [5.74, 6) is 1.11. The molecular formula is C12H13N5O3. The maximum Gasteiger partial charge on any atom is 0.273 e. The molecule has 0 amide bonds. The minimum absolute atomic E-state index is 0.0509. The Kier molecular flexibility index (Phi) is 3.65. The van der Waals surface area contributed by atoms with Gasteiger partial charge in [-0.2, -0.15) is 9.97 Å². The quantitative estimate of drug-likeness (QED) is 0.648. The van der Waals surface area contributed by atoms with Crippen LogP contribution < -0.4 is 15.8 Å². The molecule has 0 unspecified atom stereocenters. The maximum absolute atomic E-state index is 10.8. The summed E-state index contributed by atoms with van der Waals surface area (Å²) < 4.78 is 5.55. The molecule has 0 radical (unpaired) electrons. The smallest absolute Gasteiger partial charge is 0.273 e. The van der Waals surface area contributed by atoms with Crippen LogP contribution in [0.2, 0.25) is 0 Å². The van der Waals surface area contributed by atoms with Crippen LogP contribution in [0.4, 0.5) is 17.5 Å². The van der Waals surface area contributed by atoms with Gasteiger partial charge in [-0.3, -0.25) is 10.1 Å². The first-order valence-corrected chi connectivity index (χ1v) is 5.75. The fourth-order valence-corrected chi connectivity index (χ4v) is 1.55. The normalized spacial score (nSPS) is 10.1. The van der Waals surface area contributed by atoms with E-state index in [1.54, 1.807) is 26.1 Å². The van der Waals surface area contributed by atoms with Gasteiger partial charge in [-0.05, 0) is 18.6 Å². The summed E-state index contributed by atoms with van der Waals surface area (Å²) in [5, 5.41) is 13.6. The minimum Gasteiger partial charge on any atom is -0.438 e. The molecule has 0 saturated heterocycles. The molecule has 1 aromatic heterocycles. The zero-order chi connectivity index (χ0) is 14.7. The second-order valence-electron chi connectivity index (χ2n) is 4.01. The Balaban J connectivity index is 2.36. The standard InChI is InChI=1S/C12H13N5O3/c1-7-3-4-8(17(18)19)5-9(7)20-11-6-10(14-2)15-12(13)16-11/h3-6H,1-2H3,(H3,13,14,15,16). The Morgan fingerprint density at radius 2 is 2.10 bits per heavy atom. The number of rotatable bonds is 4. The van der Waals surface area contributed by atoms with Crippen LogP contribution in [0.5, 0.6) is 11.6 Å². The maximum atomic E-state index is 10.8. The van der Waals surface area contributed by atoms with Crippen molar-refractivity contribution in [2.75, 3.05) is 18.1 Å². The van der Waals surface area contributed by atoms with Crippen molar-refractivity contribution in [3.8, 4) is 11.6 Å². The average molecular weight is 275 g/mol. The van der Waals surface area contributed by atoms with Crippen LogP contribution in [0.15, 0.2) is 24.3 Å². The number of benzene rings is 1. The summed E-state index contributed by atoms with van der Waals surface area (Å²) in [7, 11) is 1.68. The zero-order valence-electron chi connectivity index (χ0n) is 11.0. The third kappa shape index (κ3) is 2.91. The Hall–Kier alpha value is -2.90. The van der Waals surface area contributed by atoms with Crippen LogP contribution in [-0.2, 0) is 0 Å². The number of nitro benzene ring substituents is 1. The zero-order valence-corrected chi connectivity index (χ0v) is 11.0. The molecule has 20 heavy (non-hydrogen) atoms. The number of aromatic nitrogens is 2. The molecule has 2 rings (SSSR count). The highest BCUT2D eigenvalue weighted by atomic mass is 16.6. The van der Waals surface area contributed by atoms with Gasteiger partial charge in [0.15, 0.2) is 0 Å². The van der Waals surface area contributed by atoms with Crippen molar-refractivity contribution in [1.29, 1.82) is 0 Å². The van der Waals surface area contributed by atoms with Gasteiger partial charge < -0.3 is 15.8 Å². The van der Waals surface area contributed by atoms with Gasteiger partial charge in [0, 0.05) is 19.2 Å². The molecule has 104 valence electrons. The molecule has 2 aromatic rings. The summed E-state index contributed by atoms with van der Waals surface area (Å²) >= 11 is 0. The van der Waals surface area contributed by atoms with Crippen molar-refractivity contribution in [2.45, 2.75) is 6.92 Å². The van der Waals surface area contributed by atoms with Gasteiger partial charge in [0.05, 0.1) is 11.0 Å². The van der Waals surface area contributed by atoms with Gasteiger partial charge in [-0.1, -0.05) is 0 Å². The highest BCUT2D eigenvalue weighted by Crippen LogP contribution is 2.28. The number of non-ortho nitro benzene ring substituents is 1. The van der Waals surface area contributed by atoms with Gasteiger partial charge in [0.2, 0.25) is 11.8 Å². The number of anilines is 2. The van der Waals surface area contributed by atoms with Crippen LogP contribution >= 0.6 is 0 Å². The monoisotopic (exact) mass is 275 g/mol. The molecule has 0 spiro atoms. The van der Waals surface area contributed by atoms with Crippen LogP contribution in [0, 0.1) is 17.0 Å². The third-order valence-electron chi connectivity index (χ3n) is 2.57. The number of nitro groups is 1. The summed E-state index contributed by atoms with van der Waals surface area (Å²) in [6.07, 6.45) is 0. The van der Waals surface area contributed by atoms with Gasteiger partial charge in [0.25, 0.3) is 5.69 Å². The van der Waals surface area contributed by atoms with Crippen molar-refractivity contribution >= 4 is 17.5 Å². The largest absolute Gasteiger partial charge is 0.438 e. The van der Waals surface area contributed by atoms with Crippen LogP contribution in [0.1, 0.15) is 5.56 Å². The van der Waals surface area contributed by atoms with E-state index >= 15 is 0 Å². The average Bonchev–Trinajstić information content (AvgIpc) is 2.40. The number of hydrogen-bond acceptors (Lipinski definition) is 7. The van der Waals surface area contributed by atoms with Crippen molar-refractivity contribution in [2.24, 2.45) is 0 Å². The number of nitrogens with two attached hydrogens (primary N) is 1. The molecule has 3 N–H and O–H groups in total. The first-order chi connectivity index (χ1) is 9.49. The molecule has 0 saturated carbocycles. The summed E-state index contributed by atoms with van der Waals surface area (Å²) in [6.45, 7) is 1.78. The molecule has 0 bridgehead atoms. The summed E-state index contributed by atoms with van der Waals surface area (Å²) in [6, 6.07) is 5.91. The predicted octanol–water partition coefficient (Wildman–Crippen LogP) is 2.11. The highest BCUT2D eigenvalue weighted by Gasteiger charge is 2.11. The molecule has 8 nitrogen and oxygen atoms in total. The fourth-order valence-electron chi connectivity index (χ4n) is 1.55. The first kappa shape index (κ1) is 13.5. The number of nitrogen functional groups attached to an aromatic ring is 1. The molecule has 8 heteroatoms. The van der Waals surface area contributed by atoms with E-state index in [2.05, 4.69) is 15.3 Å². The second-order valence-corrected chi connectivity index (χ2v) is 4.01. The van der Waals surface area contributed by atoms with Gasteiger partial charge in [-0.15, -0.1) is 0 Å². The Morgan fingerprint density at radius 1 is 1.35 bits per heavy atom. The van der Waals surface area contributed by atoms with Gasteiger partial charge >= 0.3 is 0 Å². The lowest BCUT2D eigenvalue weighted by Crippen LogP contribution is -2.02. The Morgan fingerprint density at radius 3 is 2.75 bits per heavy atom. The van der Waals surface area contributed by atoms with E-state index in [1.807, 2.05) is 0 Å². The Bertz CT molecular complexity index is 660. The number of aryl methyl sites for hydroxylation is 1. The van der Waals surface area contributed by atoms with E-state index < -0.39 is 4.92 Å². The molecule has 1 heterocycles. The van der Waals surface area contributed by atoms with E-state index in [-0.39, 0.29) is 17.5 Å². The topological polar surface area (TPSA) is 116 Å². The SMILES string of the molecule is CNc1cc(Oc2cc([N+](=O)[O-])ccc2C)nc(N)n1. The predicted molar refractivity (Wildman–Crippen MR) is 73.9 cm³/mol. The van der Waals surface area contributed by atoms with Crippen LogP contribution in [0.3, 0.4) is 0 Å². The van der Waals surface area contributed by atoms with Crippen LogP contribution in [-0.4, -0.2) is 21.9 Å². The van der Waals surface area contributed by atoms with Gasteiger partial charge in [0.1, 0.15) is 11.6 Å². The molecule has 0 aliphatic carbocycles. The lowest BCUT2D eigenvalue weighted by Gasteiger charge is -2.09.